The van der Waals surface area contributed by atoms with Crippen LogP contribution in [-0.4, -0.2) is 56.3 Å². The van der Waals surface area contributed by atoms with Crippen molar-refractivity contribution in [1.82, 2.24) is 24.2 Å². The molecule has 0 saturated carbocycles. The first-order valence-electron chi connectivity index (χ1n) is 13.1. The molecule has 40 heavy (non-hydrogen) atoms. The lowest BCUT2D eigenvalue weighted by atomic mass is 10.1. The van der Waals surface area contributed by atoms with E-state index in [4.69, 9.17) is 11.6 Å². The maximum Gasteiger partial charge on any atom is 0.277 e. The number of amides is 1. The molecule has 1 amide bonds. The Balaban J connectivity index is 1.32. The van der Waals surface area contributed by atoms with Crippen molar-refractivity contribution < 1.29 is 9.18 Å². The Labute approximate surface area is 241 Å². The van der Waals surface area contributed by atoms with E-state index in [1.54, 1.807) is 33.8 Å². The molecule has 208 valence electrons. The second kappa shape index (κ2) is 12.7. The Kier molecular flexibility index (Phi) is 8.86. The van der Waals surface area contributed by atoms with Crippen LogP contribution in [0.3, 0.4) is 0 Å². The highest BCUT2D eigenvalue weighted by molar-refractivity contribution is 7.98. The van der Waals surface area contributed by atoms with Gasteiger partial charge in [-0.3, -0.25) is 14.3 Å². The monoisotopic (exact) mass is 580 g/mol. The van der Waals surface area contributed by atoms with Crippen LogP contribution in [0.5, 0.6) is 0 Å². The van der Waals surface area contributed by atoms with E-state index in [0.717, 1.165) is 23.4 Å². The molecule has 1 saturated heterocycles. The Morgan fingerprint density at radius 3 is 2.40 bits per heavy atom. The molecule has 11 heteroatoms. The Morgan fingerprint density at radius 1 is 1.00 bits per heavy atom. The van der Waals surface area contributed by atoms with Crippen molar-refractivity contribution in [3.8, 4) is 0 Å². The summed E-state index contributed by atoms with van der Waals surface area (Å²) in [6, 6.07) is 13.9. The van der Waals surface area contributed by atoms with Gasteiger partial charge in [-0.05, 0) is 54.4 Å². The fourth-order valence-corrected chi connectivity index (χ4v) is 5.65. The van der Waals surface area contributed by atoms with Crippen molar-refractivity contribution in [3.05, 3.63) is 105 Å². The molecule has 1 aliphatic rings. The number of benzene rings is 2. The number of aryl methyl sites for hydroxylation is 1. The predicted molar refractivity (Wildman–Crippen MR) is 155 cm³/mol. The van der Waals surface area contributed by atoms with Gasteiger partial charge < -0.3 is 14.4 Å². The van der Waals surface area contributed by atoms with Gasteiger partial charge in [-0.15, -0.1) is 0 Å². The normalized spacial score (nSPS) is 13.6. The summed E-state index contributed by atoms with van der Waals surface area (Å²) in [7, 11) is 0. The summed E-state index contributed by atoms with van der Waals surface area (Å²) in [5.41, 5.74) is 3.06. The fourth-order valence-electron chi connectivity index (χ4n) is 4.60. The van der Waals surface area contributed by atoms with Crippen molar-refractivity contribution in [3.63, 3.8) is 0 Å². The molecular weight excluding hydrogens is 551 g/mol. The van der Waals surface area contributed by atoms with Crippen LogP contribution < -0.4 is 10.5 Å². The van der Waals surface area contributed by atoms with Crippen molar-refractivity contribution in [2.75, 3.05) is 31.1 Å². The van der Waals surface area contributed by atoms with Crippen LogP contribution in [0.15, 0.2) is 77.1 Å². The van der Waals surface area contributed by atoms with E-state index in [-0.39, 0.29) is 23.8 Å². The molecule has 0 N–H and O–H groups in total. The number of carbonyl (C=O) groups is 1. The van der Waals surface area contributed by atoms with Crippen molar-refractivity contribution >= 4 is 35.0 Å². The molecule has 0 spiro atoms. The van der Waals surface area contributed by atoms with Crippen LogP contribution in [0, 0.1) is 5.82 Å². The zero-order chi connectivity index (χ0) is 28.1. The number of halogens is 2. The molecule has 2 aromatic heterocycles. The molecule has 0 unspecified atom stereocenters. The number of rotatable bonds is 9. The zero-order valence-corrected chi connectivity index (χ0v) is 23.7. The molecule has 0 radical (unpaired) electrons. The molecule has 8 nitrogen and oxygen atoms in total. The van der Waals surface area contributed by atoms with E-state index in [2.05, 4.69) is 15.0 Å². The first-order valence-corrected chi connectivity index (χ1v) is 14.5. The van der Waals surface area contributed by atoms with Crippen LogP contribution >= 0.6 is 23.4 Å². The minimum absolute atomic E-state index is 0.0328. The highest BCUT2D eigenvalue weighted by atomic mass is 35.5. The highest BCUT2D eigenvalue weighted by Crippen LogP contribution is 2.23. The molecular formula is C29H30ClFN6O2S. The van der Waals surface area contributed by atoms with Gasteiger partial charge in [0.25, 0.3) is 5.56 Å². The lowest BCUT2D eigenvalue weighted by molar-refractivity contribution is -0.132. The lowest BCUT2D eigenvalue weighted by Crippen LogP contribution is -2.49. The lowest BCUT2D eigenvalue weighted by Gasteiger charge is -2.36. The van der Waals surface area contributed by atoms with Crippen LogP contribution in [0.1, 0.15) is 23.6 Å². The fraction of sp³-hybridized carbons (Fsp3) is 0.310. The summed E-state index contributed by atoms with van der Waals surface area (Å²) in [4.78, 5) is 34.9. The van der Waals surface area contributed by atoms with Crippen molar-refractivity contribution in [2.45, 2.75) is 37.3 Å². The first kappa shape index (κ1) is 27.9. The van der Waals surface area contributed by atoms with Gasteiger partial charge in [0.05, 0.1) is 6.20 Å². The smallest absolute Gasteiger partial charge is 0.277 e. The van der Waals surface area contributed by atoms with Gasteiger partial charge in [0, 0.05) is 73.6 Å². The molecule has 2 aromatic carbocycles. The minimum atomic E-state index is -0.328. The third-order valence-corrected chi connectivity index (χ3v) is 8.16. The molecule has 1 aliphatic heterocycles. The third-order valence-electron chi connectivity index (χ3n) is 6.85. The second-order valence-electron chi connectivity index (χ2n) is 9.62. The Hall–Kier alpha value is -3.63. The Bertz CT molecular complexity index is 1520. The molecule has 3 heterocycles. The van der Waals surface area contributed by atoms with Crippen LogP contribution in [0.4, 0.5) is 10.1 Å². The van der Waals surface area contributed by atoms with Crippen molar-refractivity contribution in [2.24, 2.45) is 0 Å². The quantitative estimate of drug-likeness (QED) is 0.215. The van der Waals surface area contributed by atoms with Gasteiger partial charge in [-0.25, -0.2) is 4.39 Å². The topological polar surface area (TPSA) is 76.3 Å². The number of thioether (sulfide) groups is 1. The second-order valence-corrected chi connectivity index (χ2v) is 11.0. The predicted octanol–water partition coefficient (Wildman–Crippen LogP) is 4.48. The van der Waals surface area contributed by atoms with E-state index in [1.807, 2.05) is 42.3 Å². The minimum Gasteiger partial charge on any atom is -0.368 e. The summed E-state index contributed by atoms with van der Waals surface area (Å²) in [6.07, 6.45) is 5.78. The summed E-state index contributed by atoms with van der Waals surface area (Å²) < 4.78 is 16.9. The number of anilines is 1. The van der Waals surface area contributed by atoms with Crippen molar-refractivity contribution in [1.29, 1.82) is 0 Å². The van der Waals surface area contributed by atoms with Gasteiger partial charge >= 0.3 is 0 Å². The Morgan fingerprint density at radius 2 is 1.73 bits per heavy atom. The van der Waals surface area contributed by atoms with Crippen LogP contribution in [0.2, 0.25) is 5.02 Å². The molecule has 4 aromatic rings. The summed E-state index contributed by atoms with van der Waals surface area (Å²) in [6.45, 7) is 5.43. The van der Waals surface area contributed by atoms with E-state index in [1.165, 1.54) is 23.9 Å². The number of carbonyl (C=O) groups excluding carboxylic acids is 1. The maximum absolute atomic E-state index is 13.4. The van der Waals surface area contributed by atoms with Gasteiger partial charge in [-0.1, -0.05) is 35.5 Å². The first-order chi connectivity index (χ1) is 19.4. The largest absolute Gasteiger partial charge is 0.368 e. The number of nitrogens with zero attached hydrogens (tertiary/aromatic N) is 6. The van der Waals surface area contributed by atoms with Gasteiger partial charge in [0.15, 0.2) is 5.16 Å². The standard InChI is InChI=1S/C29H30ClFN6O2S/c1-2-37-17-22(16-32-37)15-23-18-36(29(33-28(23)39)40-20-21-3-7-25(31)8-4-21)19-27(38)35-13-11-34(12-14-35)26-9-5-24(30)6-10-26/h3-10,16-18H,2,11-15,19-20H2,1H3. The van der Waals surface area contributed by atoms with E-state index in [9.17, 15) is 14.0 Å². The molecule has 0 atom stereocenters. The summed E-state index contributed by atoms with van der Waals surface area (Å²) >= 11 is 7.38. The third kappa shape index (κ3) is 6.92. The molecule has 5 rings (SSSR count). The van der Waals surface area contributed by atoms with E-state index < -0.39 is 0 Å². The number of aromatic nitrogens is 4. The van der Waals surface area contributed by atoms with E-state index in [0.29, 0.717) is 54.1 Å². The molecule has 0 aliphatic carbocycles. The van der Waals surface area contributed by atoms with Gasteiger partial charge in [-0.2, -0.15) is 10.1 Å². The molecule has 1 fully saturated rings. The molecule has 0 bridgehead atoms. The van der Waals surface area contributed by atoms with Crippen LogP contribution in [0.25, 0.3) is 0 Å². The number of hydrogen-bond donors (Lipinski definition) is 0. The highest BCUT2D eigenvalue weighted by Gasteiger charge is 2.23. The van der Waals surface area contributed by atoms with Gasteiger partial charge in [0.1, 0.15) is 12.4 Å². The number of piperazine rings is 1. The summed E-state index contributed by atoms with van der Waals surface area (Å²) in [5, 5.41) is 5.44. The summed E-state index contributed by atoms with van der Waals surface area (Å²) in [5.74, 6) is 0.152. The zero-order valence-electron chi connectivity index (χ0n) is 22.2. The van der Waals surface area contributed by atoms with Gasteiger partial charge in [0.2, 0.25) is 5.91 Å². The SMILES string of the molecule is CCn1cc(Cc2cn(CC(=O)N3CCN(c4ccc(Cl)cc4)CC3)c(SCc3ccc(F)cc3)nc2=O)cn1. The van der Waals surface area contributed by atoms with Crippen LogP contribution in [-0.2, 0) is 30.1 Å². The maximum atomic E-state index is 13.4. The van der Waals surface area contributed by atoms with E-state index >= 15 is 0 Å². The average molecular weight is 581 g/mol. The average Bonchev–Trinajstić information content (AvgIpc) is 3.43. The number of hydrogen-bond acceptors (Lipinski definition) is 6.